The molecule has 2 aliphatic carbocycles. The maximum absolute atomic E-state index is 5.98. The van der Waals surface area contributed by atoms with Crippen molar-refractivity contribution in [3.63, 3.8) is 0 Å². The molecule has 2 bridgehead atoms. The molecule has 0 amide bonds. The van der Waals surface area contributed by atoms with Crippen LogP contribution in [0.3, 0.4) is 0 Å². The van der Waals surface area contributed by atoms with Crippen LogP contribution in [0.2, 0.25) is 0 Å². The van der Waals surface area contributed by atoms with Gasteiger partial charge in [-0.05, 0) is 18.3 Å². The van der Waals surface area contributed by atoms with E-state index in [0.717, 1.165) is 0 Å². The molecule has 0 N–H and O–H groups in total. The van der Waals surface area contributed by atoms with E-state index in [0.29, 0.717) is 11.8 Å². The third-order valence-electron chi connectivity index (χ3n) is 2.27. The van der Waals surface area contributed by atoms with Crippen LogP contribution in [0.1, 0.15) is 6.42 Å². The van der Waals surface area contributed by atoms with Gasteiger partial charge in [0, 0.05) is 19.5 Å². The van der Waals surface area contributed by atoms with Gasteiger partial charge in [0.1, 0.15) is 0 Å². The Bertz CT molecular complexity index is 142. The van der Waals surface area contributed by atoms with Gasteiger partial charge in [0.05, 0.1) is 10.8 Å². The maximum atomic E-state index is 5.98. The zero-order valence-corrected chi connectivity index (χ0v) is 8.41. The van der Waals surface area contributed by atoms with E-state index in [1.807, 2.05) is 0 Å². The summed E-state index contributed by atoms with van der Waals surface area (Å²) in [6, 6.07) is 0. The number of rotatable bonds is 0. The molecule has 2 rings (SSSR count). The SMILES string of the molecule is ClC1C2C=CC(C2)C1Cl.[Rh]. The first-order valence-electron chi connectivity index (χ1n) is 3.25. The molecule has 3 heteroatoms. The molecule has 0 aromatic heterocycles. The summed E-state index contributed by atoms with van der Waals surface area (Å²) >= 11 is 12.0. The van der Waals surface area contributed by atoms with Gasteiger partial charge in [-0.25, -0.2) is 0 Å². The first kappa shape index (κ1) is 9.03. The van der Waals surface area contributed by atoms with Crippen LogP contribution in [0.5, 0.6) is 0 Å². The molecule has 0 nitrogen and oxygen atoms in total. The summed E-state index contributed by atoms with van der Waals surface area (Å²) in [7, 11) is 0. The summed E-state index contributed by atoms with van der Waals surface area (Å²) in [6.45, 7) is 0. The van der Waals surface area contributed by atoms with Crippen molar-refractivity contribution in [1.82, 2.24) is 0 Å². The van der Waals surface area contributed by atoms with Crippen molar-refractivity contribution in [3.8, 4) is 0 Å². The van der Waals surface area contributed by atoms with Gasteiger partial charge in [0.25, 0.3) is 0 Å². The first-order chi connectivity index (χ1) is 4.29. The molecular formula is C7H8Cl2Rh. The zero-order chi connectivity index (χ0) is 6.43. The Balaban J connectivity index is 0.000000500. The standard InChI is InChI=1S/C7H8Cl2.Rh/c8-6-4-1-2-5(3-4)7(6)9;/h1-2,4-7H,3H2;. The van der Waals surface area contributed by atoms with Gasteiger partial charge in [0.15, 0.2) is 0 Å². The Hall–Kier alpha value is 0.943. The van der Waals surface area contributed by atoms with Gasteiger partial charge in [0.2, 0.25) is 0 Å². The quantitative estimate of drug-likeness (QED) is 0.359. The van der Waals surface area contributed by atoms with E-state index in [9.17, 15) is 0 Å². The third kappa shape index (κ3) is 1.17. The van der Waals surface area contributed by atoms with Crippen LogP contribution >= 0.6 is 23.2 Å². The molecule has 4 unspecified atom stereocenters. The molecule has 0 aromatic carbocycles. The topological polar surface area (TPSA) is 0 Å². The first-order valence-corrected chi connectivity index (χ1v) is 4.13. The minimum absolute atomic E-state index is 0. The van der Waals surface area contributed by atoms with Crippen LogP contribution in [-0.2, 0) is 19.5 Å². The second-order valence-corrected chi connectivity index (χ2v) is 3.85. The fourth-order valence-corrected chi connectivity index (χ4v) is 2.45. The van der Waals surface area contributed by atoms with E-state index in [4.69, 9.17) is 23.2 Å². The van der Waals surface area contributed by atoms with Crippen molar-refractivity contribution < 1.29 is 19.5 Å². The fourth-order valence-electron chi connectivity index (χ4n) is 1.70. The number of alkyl halides is 2. The fraction of sp³-hybridized carbons (Fsp3) is 0.714. The summed E-state index contributed by atoms with van der Waals surface area (Å²) in [4.78, 5) is 0. The molecule has 10 heavy (non-hydrogen) atoms. The second kappa shape index (κ2) is 3.13. The van der Waals surface area contributed by atoms with Crippen molar-refractivity contribution in [1.29, 1.82) is 0 Å². The van der Waals surface area contributed by atoms with Gasteiger partial charge < -0.3 is 0 Å². The number of allylic oxidation sites excluding steroid dienone is 2. The largest absolute Gasteiger partial charge is 0.121 e. The van der Waals surface area contributed by atoms with Crippen LogP contribution in [0, 0.1) is 11.8 Å². The Morgan fingerprint density at radius 1 is 1.00 bits per heavy atom. The van der Waals surface area contributed by atoms with Crippen molar-refractivity contribution in [2.75, 3.05) is 0 Å². The van der Waals surface area contributed by atoms with Gasteiger partial charge >= 0.3 is 0 Å². The molecule has 0 spiro atoms. The molecule has 1 saturated carbocycles. The number of fused-ring (bicyclic) bond motifs is 2. The molecule has 1 fully saturated rings. The van der Waals surface area contributed by atoms with Gasteiger partial charge in [-0.15, -0.1) is 23.2 Å². The van der Waals surface area contributed by atoms with E-state index >= 15 is 0 Å². The normalized spacial score (nSPS) is 49.4. The van der Waals surface area contributed by atoms with E-state index in [2.05, 4.69) is 12.2 Å². The molecule has 1 radical (unpaired) electrons. The average Bonchev–Trinajstić information content (AvgIpc) is 2.37. The van der Waals surface area contributed by atoms with Crippen molar-refractivity contribution >= 4 is 23.2 Å². The predicted molar refractivity (Wildman–Crippen MR) is 40.0 cm³/mol. The number of hydrogen-bond acceptors (Lipinski definition) is 0. The van der Waals surface area contributed by atoms with E-state index in [1.165, 1.54) is 6.42 Å². The van der Waals surface area contributed by atoms with Crippen LogP contribution < -0.4 is 0 Å². The Kier molecular flexibility index (Phi) is 2.83. The summed E-state index contributed by atoms with van der Waals surface area (Å²) in [5.74, 6) is 1.14. The molecule has 2 aliphatic rings. The van der Waals surface area contributed by atoms with Gasteiger partial charge in [-0.3, -0.25) is 0 Å². The Morgan fingerprint density at radius 3 is 1.60 bits per heavy atom. The summed E-state index contributed by atoms with van der Waals surface area (Å²) in [6.07, 6.45) is 5.57. The Morgan fingerprint density at radius 2 is 1.40 bits per heavy atom. The van der Waals surface area contributed by atoms with Crippen LogP contribution in [0.15, 0.2) is 12.2 Å². The van der Waals surface area contributed by atoms with Gasteiger partial charge in [-0.1, -0.05) is 12.2 Å². The van der Waals surface area contributed by atoms with Crippen molar-refractivity contribution in [2.24, 2.45) is 11.8 Å². The van der Waals surface area contributed by atoms with Crippen LogP contribution in [0.25, 0.3) is 0 Å². The minimum Gasteiger partial charge on any atom is -0.121 e. The minimum atomic E-state index is 0. The van der Waals surface area contributed by atoms with Crippen LogP contribution in [-0.4, -0.2) is 10.8 Å². The number of hydrogen-bond donors (Lipinski definition) is 0. The summed E-state index contributed by atoms with van der Waals surface area (Å²) < 4.78 is 0. The molecular weight excluding hydrogens is 258 g/mol. The molecule has 0 heterocycles. The Labute approximate surface area is 83.7 Å². The van der Waals surface area contributed by atoms with Crippen molar-refractivity contribution in [3.05, 3.63) is 12.2 Å². The molecule has 0 aromatic rings. The molecule has 0 aliphatic heterocycles. The summed E-state index contributed by atoms with van der Waals surface area (Å²) in [5, 5.41) is 0.392. The molecule has 0 saturated heterocycles. The van der Waals surface area contributed by atoms with E-state index in [-0.39, 0.29) is 30.2 Å². The second-order valence-electron chi connectivity index (χ2n) is 2.84. The van der Waals surface area contributed by atoms with Crippen molar-refractivity contribution in [2.45, 2.75) is 17.2 Å². The smallest absolute Gasteiger partial charge is 0.0568 e. The predicted octanol–water partition coefficient (Wildman–Crippen LogP) is 2.40. The summed E-state index contributed by atoms with van der Waals surface area (Å²) in [5.41, 5.74) is 0. The maximum Gasteiger partial charge on any atom is 0.0568 e. The zero-order valence-electron chi connectivity index (χ0n) is 5.26. The van der Waals surface area contributed by atoms with Crippen LogP contribution in [0.4, 0.5) is 0 Å². The monoisotopic (exact) mass is 265 g/mol. The average molecular weight is 266 g/mol. The molecule has 4 atom stereocenters. The molecule has 59 valence electrons. The van der Waals surface area contributed by atoms with E-state index < -0.39 is 0 Å². The van der Waals surface area contributed by atoms with E-state index in [1.54, 1.807) is 0 Å². The van der Waals surface area contributed by atoms with Gasteiger partial charge in [-0.2, -0.15) is 0 Å². The number of halogens is 2. The third-order valence-corrected chi connectivity index (χ3v) is 3.59.